The summed E-state index contributed by atoms with van der Waals surface area (Å²) < 4.78 is 63.4. The van der Waals surface area contributed by atoms with Crippen LogP contribution < -0.4 is 0 Å². The molecule has 0 aliphatic heterocycles. The number of sulfonamides is 1. The molecular formula is C15H12F3N3O2S. The van der Waals surface area contributed by atoms with Crippen LogP contribution in [0.15, 0.2) is 47.6 Å². The van der Waals surface area contributed by atoms with E-state index < -0.39 is 21.8 Å². The summed E-state index contributed by atoms with van der Waals surface area (Å²) in [6, 6.07) is 7.22. The predicted octanol–water partition coefficient (Wildman–Crippen LogP) is 2.79. The van der Waals surface area contributed by atoms with Crippen molar-refractivity contribution in [3.8, 4) is 6.07 Å². The highest BCUT2D eigenvalue weighted by molar-refractivity contribution is 7.89. The number of nitrogens with zero attached hydrogens (tertiary/aromatic N) is 3. The van der Waals surface area contributed by atoms with E-state index in [-0.39, 0.29) is 17.0 Å². The second-order valence-electron chi connectivity index (χ2n) is 4.98. The molecule has 0 saturated carbocycles. The number of aromatic nitrogens is 1. The van der Waals surface area contributed by atoms with Gasteiger partial charge in [-0.15, -0.1) is 0 Å². The molecule has 0 N–H and O–H groups in total. The van der Waals surface area contributed by atoms with Crippen LogP contribution in [0.25, 0.3) is 0 Å². The predicted molar refractivity (Wildman–Crippen MR) is 79.0 cm³/mol. The molecule has 1 aromatic heterocycles. The number of halogens is 3. The molecule has 9 heteroatoms. The van der Waals surface area contributed by atoms with Crippen LogP contribution in [0, 0.1) is 11.3 Å². The van der Waals surface area contributed by atoms with Crippen molar-refractivity contribution in [1.29, 1.82) is 5.26 Å². The maximum Gasteiger partial charge on any atom is 0.416 e. The third-order valence-corrected chi connectivity index (χ3v) is 5.01. The van der Waals surface area contributed by atoms with E-state index in [1.165, 1.54) is 31.4 Å². The van der Waals surface area contributed by atoms with Crippen LogP contribution in [0.1, 0.15) is 16.7 Å². The maximum atomic E-state index is 12.5. The van der Waals surface area contributed by atoms with Crippen LogP contribution in [0.4, 0.5) is 13.2 Å². The smallest absolute Gasteiger partial charge is 0.262 e. The molecule has 0 amide bonds. The standard InChI is InChI=1S/C15H12F3N3O2S/c1-21(10-11-2-4-13(5-3-11)15(16,17)18)24(22,23)14-6-12(7-19)8-20-9-14/h2-6,8-9H,10H2,1H3. The van der Waals surface area contributed by atoms with E-state index in [0.717, 1.165) is 22.6 Å². The second-order valence-corrected chi connectivity index (χ2v) is 7.02. The van der Waals surface area contributed by atoms with Crippen LogP contribution >= 0.6 is 0 Å². The van der Waals surface area contributed by atoms with Crippen LogP contribution in [-0.4, -0.2) is 24.8 Å². The van der Waals surface area contributed by atoms with Crippen LogP contribution in [0.5, 0.6) is 0 Å². The Hall–Kier alpha value is -2.44. The fourth-order valence-corrected chi connectivity index (χ4v) is 3.09. The monoisotopic (exact) mass is 355 g/mol. The Balaban J connectivity index is 2.22. The zero-order valence-corrected chi connectivity index (χ0v) is 13.3. The molecule has 1 aromatic carbocycles. The van der Waals surface area contributed by atoms with Crippen molar-refractivity contribution < 1.29 is 21.6 Å². The van der Waals surface area contributed by atoms with Crippen molar-refractivity contribution in [3.63, 3.8) is 0 Å². The normalized spacial score (nSPS) is 12.2. The molecule has 24 heavy (non-hydrogen) atoms. The van der Waals surface area contributed by atoms with Gasteiger partial charge in [-0.2, -0.15) is 22.7 Å². The molecule has 0 spiro atoms. The fraction of sp³-hybridized carbons (Fsp3) is 0.200. The molecule has 0 aliphatic rings. The lowest BCUT2D eigenvalue weighted by molar-refractivity contribution is -0.137. The Morgan fingerprint density at radius 2 is 1.83 bits per heavy atom. The first-order chi connectivity index (χ1) is 11.1. The van der Waals surface area contributed by atoms with Gasteiger partial charge in [0.05, 0.1) is 11.1 Å². The Morgan fingerprint density at radius 1 is 1.21 bits per heavy atom. The lowest BCUT2D eigenvalue weighted by Crippen LogP contribution is -2.26. The summed E-state index contributed by atoms with van der Waals surface area (Å²) in [5.74, 6) is 0. The molecule has 0 radical (unpaired) electrons. The molecule has 126 valence electrons. The van der Waals surface area contributed by atoms with Gasteiger partial charge in [-0.1, -0.05) is 12.1 Å². The van der Waals surface area contributed by atoms with Crippen molar-refractivity contribution in [2.24, 2.45) is 0 Å². The molecule has 0 unspecified atom stereocenters. The molecule has 0 atom stereocenters. The van der Waals surface area contributed by atoms with Crippen LogP contribution in [0.3, 0.4) is 0 Å². The minimum absolute atomic E-state index is 0.0963. The third-order valence-electron chi connectivity index (χ3n) is 3.24. The van der Waals surface area contributed by atoms with Crippen molar-refractivity contribution in [3.05, 3.63) is 59.4 Å². The van der Waals surface area contributed by atoms with Gasteiger partial charge < -0.3 is 0 Å². The summed E-state index contributed by atoms with van der Waals surface area (Å²) >= 11 is 0. The molecule has 0 saturated heterocycles. The minimum Gasteiger partial charge on any atom is -0.262 e. The van der Waals surface area contributed by atoms with E-state index in [1.807, 2.05) is 0 Å². The zero-order valence-electron chi connectivity index (χ0n) is 12.4. The molecule has 2 aromatic rings. The number of hydrogen-bond donors (Lipinski definition) is 0. The number of nitriles is 1. The summed E-state index contributed by atoms with van der Waals surface area (Å²) in [6.07, 6.45) is -2.10. The van der Waals surface area contributed by atoms with E-state index in [4.69, 9.17) is 5.26 Å². The van der Waals surface area contributed by atoms with Crippen LogP contribution in [0.2, 0.25) is 0 Å². The van der Waals surface area contributed by atoms with Crippen molar-refractivity contribution in [1.82, 2.24) is 9.29 Å². The van der Waals surface area contributed by atoms with Gasteiger partial charge in [-0.3, -0.25) is 4.98 Å². The van der Waals surface area contributed by atoms with Gasteiger partial charge in [0.1, 0.15) is 11.0 Å². The fourth-order valence-electron chi connectivity index (χ4n) is 1.94. The number of alkyl halides is 3. The third kappa shape index (κ3) is 3.90. The van der Waals surface area contributed by atoms with Gasteiger partial charge in [0, 0.05) is 26.0 Å². The molecule has 0 aliphatic carbocycles. The first kappa shape index (κ1) is 17.9. The van der Waals surface area contributed by atoms with Gasteiger partial charge >= 0.3 is 6.18 Å². The van der Waals surface area contributed by atoms with E-state index in [2.05, 4.69) is 4.98 Å². The number of rotatable bonds is 4. The van der Waals surface area contributed by atoms with Crippen LogP contribution in [-0.2, 0) is 22.7 Å². The average molecular weight is 355 g/mol. The number of pyridine rings is 1. The molecule has 0 bridgehead atoms. The molecule has 1 heterocycles. The molecule has 5 nitrogen and oxygen atoms in total. The topological polar surface area (TPSA) is 74.1 Å². The maximum absolute atomic E-state index is 12.5. The molecule has 2 rings (SSSR count). The van der Waals surface area contributed by atoms with Crippen molar-refractivity contribution in [2.45, 2.75) is 17.6 Å². The Labute approximate surface area is 137 Å². The Kier molecular flexibility index (Phi) is 4.91. The Bertz CT molecular complexity index is 872. The highest BCUT2D eigenvalue weighted by Crippen LogP contribution is 2.29. The van der Waals surface area contributed by atoms with E-state index in [9.17, 15) is 21.6 Å². The lowest BCUT2D eigenvalue weighted by Gasteiger charge is -2.17. The zero-order chi connectivity index (χ0) is 18.0. The lowest BCUT2D eigenvalue weighted by atomic mass is 10.1. The Morgan fingerprint density at radius 3 is 2.38 bits per heavy atom. The van der Waals surface area contributed by atoms with E-state index in [0.29, 0.717) is 5.56 Å². The summed E-state index contributed by atoms with van der Waals surface area (Å²) in [4.78, 5) is 3.54. The van der Waals surface area contributed by atoms with E-state index >= 15 is 0 Å². The van der Waals surface area contributed by atoms with Crippen molar-refractivity contribution in [2.75, 3.05) is 7.05 Å². The highest BCUT2D eigenvalue weighted by atomic mass is 32.2. The van der Waals surface area contributed by atoms with Gasteiger partial charge in [0.2, 0.25) is 10.0 Å². The molecule has 0 fully saturated rings. The summed E-state index contributed by atoms with van der Waals surface area (Å²) in [5.41, 5.74) is -0.305. The van der Waals surface area contributed by atoms with Gasteiger partial charge in [-0.05, 0) is 23.8 Å². The first-order valence-corrected chi connectivity index (χ1v) is 8.06. The second kappa shape index (κ2) is 6.59. The quantitative estimate of drug-likeness (QED) is 0.845. The SMILES string of the molecule is CN(Cc1ccc(C(F)(F)F)cc1)S(=O)(=O)c1cncc(C#N)c1. The first-order valence-electron chi connectivity index (χ1n) is 6.62. The van der Waals surface area contributed by atoms with Gasteiger partial charge in [0.25, 0.3) is 0 Å². The summed E-state index contributed by atoms with van der Waals surface area (Å²) in [7, 11) is -2.61. The van der Waals surface area contributed by atoms with Crippen molar-refractivity contribution >= 4 is 10.0 Å². The number of benzene rings is 1. The van der Waals surface area contributed by atoms with E-state index in [1.54, 1.807) is 6.07 Å². The van der Waals surface area contributed by atoms with Gasteiger partial charge in [-0.25, -0.2) is 8.42 Å². The minimum atomic E-state index is -4.44. The van der Waals surface area contributed by atoms with Gasteiger partial charge in [0.15, 0.2) is 0 Å². The average Bonchev–Trinajstić information content (AvgIpc) is 2.54. The summed E-state index contributed by atoms with van der Waals surface area (Å²) in [5, 5.41) is 8.80. The largest absolute Gasteiger partial charge is 0.416 e. The number of hydrogen-bond acceptors (Lipinski definition) is 4. The highest BCUT2D eigenvalue weighted by Gasteiger charge is 2.30. The molecular weight excluding hydrogens is 343 g/mol. The summed E-state index contributed by atoms with van der Waals surface area (Å²) in [6.45, 7) is -0.114.